The molecule has 34 heavy (non-hydrogen) atoms. The number of Topliss-reactive ketones (excluding diaryl/α,β-unsaturated/α-hetero) is 1. The van der Waals surface area contributed by atoms with Crippen LogP contribution in [-0.4, -0.2) is 52.9 Å². The Kier molecular flexibility index (Phi) is 7.21. The van der Waals surface area contributed by atoms with Crippen LogP contribution in [0.25, 0.3) is 10.9 Å². The lowest BCUT2D eigenvalue weighted by molar-refractivity contribution is -0.155. The molecule has 2 aliphatic heterocycles. The maximum absolute atomic E-state index is 12.4. The van der Waals surface area contributed by atoms with E-state index in [0.29, 0.717) is 18.1 Å². The number of hydrogen-bond acceptors (Lipinski definition) is 6. The zero-order valence-corrected chi connectivity index (χ0v) is 20.0. The van der Waals surface area contributed by atoms with E-state index < -0.39 is 0 Å². The molecule has 0 spiro atoms. The number of aryl methyl sites for hydroxylation is 2. The molecule has 0 radical (unpaired) electrons. The molecule has 180 valence electrons. The van der Waals surface area contributed by atoms with Crippen molar-refractivity contribution in [1.82, 2.24) is 14.5 Å². The highest BCUT2D eigenvalue weighted by Crippen LogP contribution is 2.27. The topological polar surface area (TPSA) is 69.5 Å². The number of piperidine rings is 1. The number of carbonyl (C=O) groups is 1. The highest BCUT2D eigenvalue weighted by molar-refractivity contribution is 5.96. The van der Waals surface area contributed by atoms with Crippen molar-refractivity contribution in [2.24, 2.45) is 13.0 Å². The number of rotatable bonds is 8. The second-order valence-corrected chi connectivity index (χ2v) is 9.55. The molecule has 1 aromatic carbocycles. The molecule has 2 saturated heterocycles. The van der Waals surface area contributed by atoms with Gasteiger partial charge in [-0.1, -0.05) is 18.2 Å². The van der Waals surface area contributed by atoms with Crippen LogP contribution in [-0.2, 0) is 22.9 Å². The molecule has 7 nitrogen and oxygen atoms in total. The summed E-state index contributed by atoms with van der Waals surface area (Å²) in [5.74, 6) is 1.32. The summed E-state index contributed by atoms with van der Waals surface area (Å²) in [5.41, 5.74) is 3.24. The van der Waals surface area contributed by atoms with Gasteiger partial charge in [0.1, 0.15) is 6.61 Å². The molecule has 0 N–H and O–H groups in total. The Hall–Kier alpha value is -2.77. The number of benzene rings is 1. The molecule has 1 atom stereocenters. The Morgan fingerprint density at radius 1 is 1.12 bits per heavy atom. The molecule has 2 aliphatic rings. The van der Waals surface area contributed by atoms with Gasteiger partial charge in [-0.05, 0) is 62.5 Å². The number of hydrogen-bond donors (Lipinski definition) is 0. The highest BCUT2D eigenvalue weighted by atomic mass is 16.7. The Bertz CT molecular complexity index is 1100. The Balaban J connectivity index is 1.09. The van der Waals surface area contributed by atoms with E-state index >= 15 is 0 Å². The molecule has 4 heterocycles. The van der Waals surface area contributed by atoms with E-state index in [-0.39, 0.29) is 18.7 Å². The minimum Gasteiger partial charge on any atom is -0.353 e. The Morgan fingerprint density at radius 2 is 1.91 bits per heavy atom. The molecule has 3 aromatic rings. The number of ether oxygens (including phenoxy) is 2. The third-order valence-electron chi connectivity index (χ3n) is 7.20. The van der Waals surface area contributed by atoms with Crippen LogP contribution in [0.3, 0.4) is 0 Å². The van der Waals surface area contributed by atoms with Crippen LogP contribution in [0.15, 0.2) is 42.9 Å². The first kappa shape index (κ1) is 23.0. The first-order valence-electron chi connectivity index (χ1n) is 12.5. The van der Waals surface area contributed by atoms with Crippen molar-refractivity contribution in [1.29, 1.82) is 0 Å². The zero-order valence-electron chi connectivity index (χ0n) is 20.0. The fraction of sp³-hybridized carbons (Fsp3) is 0.519. The van der Waals surface area contributed by atoms with Gasteiger partial charge in [-0.2, -0.15) is 0 Å². The molecule has 5 rings (SSSR count). The van der Waals surface area contributed by atoms with Crippen LogP contribution in [0.1, 0.15) is 54.4 Å². The number of para-hydroxylation sites is 1. The van der Waals surface area contributed by atoms with Crippen molar-refractivity contribution >= 4 is 22.6 Å². The summed E-state index contributed by atoms with van der Waals surface area (Å²) in [6.07, 6.45) is 12.9. The monoisotopic (exact) mass is 462 g/mol. The number of fused-ring (bicyclic) bond motifs is 1. The normalized spacial score (nSPS) is 19.6. The standard InChI is InChI=1S/C27H34N4O3/c1-30-18-21(23-6-2-3-7-24(23)30)10-9-20-11-13-31(14-12-20)27-28-16-22(17-29-27)25(32)19-34-26-8-4-5-15-33-26/h2-3,6-7,16-18,20,26H,4-5,8-15,19H2,1H3. The predicted octanol–water partition coefficient (Wildman–Crippen LogP) is 4.54. The average molecular weight is 463 g/mol. The van der Waals surface area contributed by atoms with Gasteiger partial charge in [-0.3, -0.25) is 4.79 Å². The van der Waals surface area contributed by atoms with Crippen LogP contribution in [0, 0.1) is 5.92 Å². The Morgan fingerprint density at radius 3 is 2.68 bits per heavy atom. The van der Waals surface area contributed by atoms with Crippen LogP contribution in [0.2, 0.25) is 0 Å². The van der Waals surface area contributed by atoms with E-state index in [9.17, 15) is 4.79 Å². The number of anilines is 1. The maximum Gasteiger partial charge on any atom is 0.225 e. The summed E-state index contributed by atoms with van der Waals surface area (Å²) < 4.78 is 13.3. The number of carbonyl (C=O) groups excluding carboxylic acids is 1. The zero-order chi connectivity index (χ0) is 23.3. The third-order valence-corrected chi connectivity index (χ3v) is 7.20. The SMILES string of the molecule is Cn1cc(CCC2CCN(c3ncc(C(=O)COC4CCCCO4)cn3)CC2)c2ccccc21. The van der Waals surface area contributed by atoms with Crippen molar-refractivity contribution in [2.45, 2.75) is 51.2 Å². The van der Waals surface area contributed by atoms with E-state index in [1.807, 2.05) is 0 Å². The molecule has 2 aromatic heterocycles. The van der Waals surface area contributed by atoms with E-state index in [0.717, 1.165) is 57.5 Å². The van der Waals surface area contributed by atoms with Gasteiger partial charge < -0.3 is 18.9 Å². The summed E-state index contributed by atoms with van der Waals surface area (Å²) in [6.45, 7) is 2.62. The quantitative estimate of drug-likeness (QED) is 0.458. The second-order valence-electron chi connectivity index (χ2n) is 9.55. The Labute approximate surface area is 201 Å². The van der Waals surface area contributed by atoms with E-state index in [1.54, 1.807) is 12.4 Å². The maximum atomic E-state index is 12.4. The fourth-order valence-electron chi connectivity index (χ4n) is 5.13. The van der Waals surface area contributed by atoms with Crippen LogP contribution in [0.4, 0.5) is 5.95 Å². The van der Waals surface area contributed by atoms with Gasteiger partial charge in [0.25, 0.3) is 0 Å². The van der Waals surface area contributed by atoms with Gasteiger partial charge >= 0.3 is 0 Å². The highest BCUT2D eigenvalue weighted by Gasteiger charge is 2.22. The number of ketones is 1. The minimum absolute atomic E-state index is 0.00939. The lowest BCUT2D eigenvalue weighted by Gasteiger charge is -2.32. The van der Waals surface area contributed by atoms with Crippen molar-refractivity contribution in [2.75, 3.05) is 31.2 Å². The first-order valence-corrected chi connectivity index (χ1v) is 12.5. The van der Waals surface area contributed by atoms with Gasteiger partial charge in [0.15, 0.2) is 12.1 Å². The van der Waals surface area contributed by atoms with Gasteiger partial charge in [-0.15, -0.1) is 0 Å². The summed E-state index contributed by atoms with van der Waals surface area (Å²) in [6, 6.07) is 8.65. The second kappa shape index (κ2) is 10.7. The van der Waals surface area contributed by atoms with Gasteiger partial charge in [0, 0.05) is 56.2 Å². The fourth-order valence-corrected chi connectivity index (χ4v) is 5.13. The number of nitrogens with zero attached hydrogens (tertiary/aromatic N) is 4. The summed E-state index contributed by atoms with van der Waals surface area (Å²) in [5, 5.41) is 1.38. The number of aromatic nitrogens is 3. The van der Waals surface area contributed by atoms with Crippen molar-refractivity contribution < 1.29 is 14.3 Å². The van der Waals surface area contributed by atoms with Crippen molar-refractivity contribution in [3.05, 3.63) is 54.0 Å². The summed E-state index contributed by atoms with van der Waals surface area (Å²) in [4.78, 5) is 23.6. The van der Waals surface area contributed by atoms with Gasteiger partial charge in [-0.25, -0.2) is 9.97 Å². The smallest absolute Gasteiger partial charge is 0.225 e. The third kappa shape index (κ3) is 5.31. The lowest BCUT2D eigenvalue weighted by Crippen LogP contribution is -2.35. The summed E-state index contributed by atoms with van der Waals surface area (Å²) >= 11 is 0. The molecular formula is C27H34N4O3. The predicted molar refractivity (Wildman–Crippen MR) is 132 cm³/mol. The molecule has 7 heteroatoms. The largest absolute Gasteiger partial charge is 0.353 e. The molecule has 2 fully saturated rings. The lowest BCUT2D eigenvalue weighted by atomic mass is 9.90. The van der Waals surface area contributed by atoms with E-state index in [4.69, 9.17) is 9.47 Å². The molecule has 0 aliphatic carbocycles. The van der Waals surface area contributed by atoms with Crippen molar-refractivity contribution in [3.8, 4) is 0 Å². The first-order chi connectivity index (χ1) is 16.7. The molecule has 1 unspecified atom stereocenters. The average Bonchev–Trinajstić information content (AvgIpc) is 3.22. The van der Waals surface area contributed by atoms with Crippen LogP contribution >= 0.6 is 0 Å². The molecular weight excluding hydrogens is 428 g/mol. The van der Waals surface area contributed by atoms with Gasteiger partial charge in [0.2, 0.25) is 5.95 Å². The van der Waals surface area contributed by atoms with E-state index in [1.165, 1.54) is 22.9 Å². The van der Waals surface area contributed by atoms with E-state index in [2.05, 4.69) is 56.9 Å². The van der Waals surface area contributed by atoms with Crippen LogP contribution in [0.5, 0.6) is 0 Å². The minimum atomic E-state index is -0.264. The molecule has 0 amide bonds. The molecule has 0 bridgehead atoms. The molecule has 0 saturated carbocycles. The summed E-state index contributed by atoms with van der Waals surface area (Å²) in [7, 11) is 2.13. The van der Waals surface area contributed by atoms with Crippen LogP contribution < -0.4 is 4.90 Å². The van der Waals surface area contributed by atoms with Crippen molar-refractivity contribution in [3.63, 3.8) is 0 Å². The van der Waals surface area contributed by atoms with Gasteiger partial charge in [0.05, 0.1) is 5.56 Å².